The lowest BCUT2D eigenvalue weighted by molar-refractivity contribution is -0.0911. The Labute approximate surface area is 114 Å². The number of benzene rings is 1. The summed E-state index contributed by atoms with van der Waals surface area (Å²) in [6.45, 7) is 2.80. The van der Waals surface area contributed by atoms with Crippen LogP contribution in [0.4, 0.5) is 0 Å². The first kappa shape index (κ1) is 12.7. The molecule has 0 N–H and O–H groups in total. The molecule has 0 bridgehead atoms. The van der Waals surface area contributed by atoms with Crippen LogP contribution in [0.25, 0.3) is 0 Å². The molecule has 2 fully saturated rings. The highest BCUT2D eigenvalue weighted by molar-refractivity contribution is 5.32. The summed E-state index contributed by atoms with van der Waals surface area (Å²) in [6.07, 6.45) is 5.52. The van der Waals surface area contributed by atoms with Gasteiger partial charge in [0.1, 0.15) is 0 Å². The average molecular weight is 256 g/mol. The maximum atomic E-state index is 8.97. The molecule has 0 amide bonds. The van der Waals surface area contributed by atoms with Crippen molar-refractivity contribution < 1.29 is 4.74 Å². The van der Waals surface area contributed by atoms with Crippen molar-refractivity contribution in [1.82, 2.24) is 4.90 Å². The Balaban J connectivity index is 1.72. The average Bonchev–Trinajstić information content (AvgIpc) is 2.48. The molecule has 19 heavy (non-hydrogen) atoms. The van der Waals surface area contributed by atoms with E-state index in [4.69, 9.17) is 10.00 Å². The van der Waals surface area contributed by atoms with Crippen LogP contribution < -0.4 is 0 Å². The zero-order chi connectivity index (χ0) is 13.1. The fourth-order valence-electron chi connectivity index (χ4n) is 3.35. The van der Waals surface area contributed by atoms with Gasteiger partial charge in [0.25, 0.3) is 0 Å². The summed E-state index contributed by atoms with van der Waals surface area (Å²) in [5.41, 5.74) is 2.00. The Morgan fingerprint density at radius 3 is 3.11 bits per heavy atom. The SMILES string of the molecule is N#Cc1cccc(CN2CCO[C@@H]3CCCC[C@H]32)c1. The third kappa shape index (κ3) is 2.80. The van der Waals surface area contributed by atoms with E-state index < -0.39 is 0 Å². The van der Waals surface area contributed by atoms with Crippen LogP contribution in [0.15, 0.2) is 24.3 Å². The van der Waals surface area contributed by atoms with E-state index in [9.17, 15) is 0 Å². The summed E-state index contributed by atoms with van der Waals surface area (Å²) in [7, 11) is 0. The first-order valence-electron chi connectivity index (χ1n) is 7.21. The second-order valence-corrected chi connectivity index (χ2v) is 5.54. The Morgan fingerprint density at radius 2 is 2.21 bits per heavy atom. The molecule has 100 valence electrons. The zero-order valence-corrected chi connectivity index (χ0v) is 11.2. The highest BCUT2D eigenvalue weighted by atomic mass is 16.5. The van der Waals surface area contributed by atoms with E-state index in [0.29, 0.717) is 12.1 Å². The van der Waals surface area contributed by atoms with Crippen LogP contribution >= 0.6 is 0 Å². The van der Waals surface area contributed by atoms with Crippen molar-refractivity contribution in [2.24, 2.45) is 0 Å². The second kappa shape index (κ2) is 5.73. The number of morpholine rings is 1. The molecular weight excluding hydrogens is 236 g/mol. The standard InChI is InChI=1S/C16H20N2O/c17-11-13-4-3-5-14(10-13)12-18-8-9-19-16-7-2-1-6-15(16)18/h3-5,10,15-16H,1-2,6-9,12H2/t15-,16-/m1/s1. The monoisotopic (exact) mass is 256 g/mol. The minimum atomic E-state index is 0.432. The van der Waals surface area contributed by atoms with Crippen LogP contribution in [0.2, 0.25) is 0 Å². The lowest BCUT2D eigenvalue weighted by Gasteiger charge is -2.43. The lowest BCUT2D eigenvalue weighted by atomic mass is 9.90. The van der Waals surface area contributed by atoms with Crippen molar-refractivity contribution in [3.63, 3.8) is 0 Å². The number of nitrogens with zero attached hydrogens (tertiary/aromatic N) is 2. The molecule has 0 radical (unpaired) electrons. The van der Waals surface area contributed by atoms with Crippen LogP contribution in [0, 0.1) is 11.3 Å². The van der Waals surface area contributed by atoms with Crippen LogP contribution in [0.5, 0.6) is 0 Å². The molecule has 0 aromatic heterocycles. The quantitative estimate of drug-likeness (QED) is 0.816. The van der Waals surface area contributed by atoms with Crippen molar-refractivity contribution in [3.05, 3.63) is 35.4 Å². The minimum absolute atomic E-state index is 0.432. The molecule has 3 rings (SSSR count). The molecule has 2 atom stereocenters. The minimum Gasteiger partial charge on any atom is -0.375 e. The van der Waals surface area contributed by atoms with Gasteiger partial charge in [-0.3, -0.25) is 4.90 Å². The van der Waals surface area contributed by atoms with E-state index >= 15 is 0 Å². The molecule has 1 aromatic rings. The molecule has 0 unspecified atom stereocenters. The largest absolute Gasteiger partial charge is 0.375 e. The van der Waals surface area contributed by atoms with Gasteiger partial charge in [0.2, 0.25) is 0 Å². The van der Waals surface area contributed by atoms with E-state index in [0.717, 1.165) is 25.3 Å². The third-order valence-corrected chi connectivity index (χ3v) is 4.29. The van der Waals surface area contributed by atoms with Crippen molar-refractivity contribution in [1.29, 1.82) is 5.26 Å². The topological polar surface area (TPSA) is 36.3 Å². The number of ether oxygens (including phenoxy) is 1. The predicted octanol–water partition coefficient (Wildman–Crippen LogP) is 2.70. The fraction of sp³-hybridized carbons (Fsp3) is 0.562. The van der Waals surface area contributed by atoms with Crippen molar-refractivity contribution in [2.45, 2.75) is 44.4 Å². The lowest BCUT2D eigenvalue weighted by Crippen LogP contribution is -2.52. The Hall–Kier alpha value is -1.37. The van der Waals surface area contributed by atoms with E-state index in [1.165, 1.54) is 31.2 Å². The molecule has 1 heterocycles. The molecule has 0 spiro atoms. The van der Waals surface area contributed by atoms with Crippen LogP contribution in [-0.2, 0) is 11.3 Å². The smallest absolute Gasteiger partial charge is 0.0991 e. The number of hydrogen-bond acceptors (Lipinski definition) is 3. The first-order chi connectivity index (χ1) is 9.36. The number of rotatable bonds is 2. The highest BCUT2D eigenvalue weighted by Gasteiger charge is 2.33. The summed E-state index contributed by atoms with van der Waals surface area (Å²) in [5.74, 6) is 0. The Bertz CT molecular complexity index is 478. The van der Waals surface area contributed by atoms with Gasteiger partial charge in [-0.15, -0.1) is 0 Å². The van der Waals surface area contributed by atoms with E-state index in [2.05, 4.69) is 17.0 Å². The third-order valence-electron chi connectivity index (χ3n) is 4.29. The maximum absolute atomic E-state index is 8.97. The van der Waals surface area contributed by atoms with E-state index in [-0.39, 0.29) is 0 Å². The van der Waals surface area contributed by atoms with Gasteiger partial charge in [0, 0.05) is 19.1 Å². The molecule has 1 saturated heterocycles. The summed E-state index contributed by atoms with van der Waals surface area (Å²) in [5, 5.41) is 8.97. The first-order valence-corrected chi connectivity index (χ1v) is 7.21. The van der Waals surface area contributed by atoms with E-state index in [1.807, 2.05) is 18.2 Å². The number of nitriles is 1. The Kier molecular flexibility index (Phi) is 3.82. The van der Waals surface area contributed by atoms with E-state index in [1.54, 1.807) is 0 Å². The molecule has 1 aliphatic carbocycles. The predicted molar refractivity (Wildman–Crippen MR) is 73.6 cm³/mol. The van der Waals surface area contributed by atoms with Gasteiger partial charge in [-0.1, -0.05) is 25.0 Å². The highest BCUT2D eigenvalue weighted by Crippen LogP contribution is 2.29. The van der Waals surface area contributed by atoms with Gasteiger partial charge in [-0.05, 0) is 30.5 Å². The van der Waals surface area contributed by atoms with Gasteiger partial charge < -0.3 is 4.74 Å². The molecule has 3 nitrogen and oxygen atoms in total. The number of hydrogen-bond donors (Lipinski definition) is 0. The van der Waals surface area contributed by atoms with Gasteiger partial charge in [-0.2, -0.15) is 5.26 Å². The molecular formula is C16H20N2O. The summed E-state index contributed by atoms with van der Waals surface area (Å²) >= 11 is 0. The zero-order valence-electron chi connectivity index (χ0n) is 11.2. The van der Waals surface area contributed by atoms with Gasteiger partial charge in [0.15, 0.2) is 0 Å². The second-order valence-electron chi connectivity index (χ2n) is 5.54. The van der Waals surface area contributed by atoms with Crippen molar-refractivity contribution in [2.75, 3.05) is 13.2 Å². The van der Waals surface area contributed by atoms with Crippen LogP contribution in [0.1, 0.15) is 36.8 Å². The normalized spacial score (nSPS) is 27.5. The summed E-state index contributed by atoms with van der Waals surface area (Å²) < 4.78 is 5.90. The van der Waals surface area contributed by atoms with Crippen molar-refractivity contribution in [3.8, 4) is 6.07 Å². The molecule has 1 saturated carbocycles. The molecule has 1 aliphatic heterocycles. The number of fused-ring (bicyclic) bond motifs is 1. The summed E-state index contributed by atoms with van der Waals surface area (Å²) in [6, 6.07) is 10.8. The van der Waals surface area contributed by atoms with Crippen molar-refractivity contribution >= 4 is 0 Å². The molecule has 3 heteroatoms. The summed E-state index contributed by atoms with van der Waals surface area (Å²) in [4.78, 5) is 2.55. The van der Waals surface area contributed by atoms with Gasteiger partial charge >= 0.3 is 0 Å². The molecule has 2 aliphatic rings. The van der Waals surface area contributed by atoms with Crippen LogP contribution in [0.3, 0.4) is 0 Å². The Morgan fingerprint density at radius 1 is 1.32 bits per heavy atom. The molecule has 1 aromatic carbocycles. The van der Waals surface area contributed by atoms with Crippen LogP contribution in [-0.4, -0.2) is 30.2 Å². The van der Waals surface area contributed by atoms with Gasteiger partial charge in [-0.25, -0.2) is 0 Å². The fourth-order valence-corrected chi connectivity index (χ4v) is 3.35. The maximum Gasteiger partial charge on any atom is 0.0991 e. The van der Waals surface area contributed by atoms with Gasteiger partial charge in [0.05, 0.1) is 24.3 Å².